The first-order valence-electron chi connectivity index (χ1n) is 29.8. The Hall–Kier alpha value is -3.08. The molecule has 428 valence electrons. The van der Waals surface area contributed by atoms with Gasteiger partial charge in [0.05, 0.1) is 19.8 Å². The van der Waals surface area contributed by atoms with Crippen LogP contribution in [0.4, 0.5) is 0 Å². The zero-order valence-corrected chi connectivity index (χ0v) is 48.2. The molecule has 0 spiro atoms. The Morgan fingerprint density at radius 1 is 0.392 bits per heavy atom. The van der Waals surface area contributed by atoms with Gasteiger partial charge in [0.15, 0.2) is 6.10 Å². The van der Waals surface area contributed by atoms with E-state index in [1.54, 1.807) is 0 Å². The summed E-state index contributed by atoms with van der Waals surface area (Å²) in [6.07, 6.45) is 62.8. The first kappa shape index (κ1) is 70.9. The standard InChI is InChI=1S/C62H109O11P/c1-4-7-10-13-16-19-22-25-27-28-29-30-32-35-38-41-44-47-50-53-62(66)73-59(55-69-60(64)51-48-45-42-39-36-34-31-26-23-20-17-14-11-8-5-2)57-71-74(67,68)70-56-58(54-63)72-61(65)52-49-46-43-40-37-33-24-21-18-15-12-9-6-3/h8,11,16-17,19-20,25-27,29-31,58-59,63H,4-7,9-10,12-15,18,21-24,28,32-57H2,1-3H3,(H,67,68)/b11-8-,19-16-,20-17-,27-25-,30-29-,31-26-. The van der Waals surface area contributed by atoms with Gasteiger partial charge in [0.2, 0.25) is 0 Å². The fourth-order valence-corrected chi connectivity index (χ4v) is 8.87. The average molecular weight is 1060 g/mol. The van der Waals surface area contributed by atoms with Crippen LogP contribution in [-0.4, -0.2) is 66.5 Å². The molecule has 0 aliphatic heterocycles. The molecule has 0 aromatic carbocycles. The number of hydrogen-bond donors (Lipinski definition) is 2. The van der Waals surface area contributed by atoms with E-state index in [0.717, 1.165) is 122 Å². The highest BCUT2D eigenvalue weighted by atomic mass is 31.2. The van der Waals surface area contributed by atoms with Gasteiger partial charge in [-0.3, -0.25) is 23.4 Å². The van der Waals surface area contributed by atoms with Crippen LogP contribution in [0.15, 0.2) is 72.9 Å². The van der Waals surface area contributed by atoms with Crippen molar-refractivity contribution in [2.75, 3.05) is 26.4 Å². The normalized spacial score (nSPS) is 13.9. The lowest BCUT2D eigenvalue weighted by molar-refractivity contribution is -0.161. The number of aliphatic hydroxyl groups is 1. The fraction of sp³-hybridized carbons (Fsp3) is 0.758. The minimum atomic E-state index is -4.76. The van der Waals surface area contributed by atoms with E-state index in [1.807, 2.05) is 0 Å². The van der Waals surface area contributed by atoms with E-state index < -0.39 is 57.8 Å². The van der Waals surface area contributed by atoms with E-state index in [4.69, 9.17) is 23.3 Å². The number of unbranched alkanes of at least 4 members (excludes halogenated alkanes) is 26. The van der Waals surface area contributed by atoms with Gasteiger partial charge >= 0.3 is 25.7 Å². The quantitative estimate of drug-likeness (QED) is 0.0197. The maximum absolute atomic E-state index is 12.9. The predicted octanol–water partition coefficient (Wildman–Crippen LogP) is 17.7. The Labute approximate surface area is 452 Å². The summed E-state index contributed by atoms with van der Waals surface area (Å²) in [5.41, 5.74) is 0. The van der Waals surface area contributed by atoms with Crippen molar-refractivity contribution >= 4 is 25.7 Å². The van der Waals surface area contributed by atoms with Crippen LogP contribution in [0, 0.1) is 0 Å². The van der Waals surface area contributed by atoms with Crippen LogP contribution in [-0.2, 0) is 42.2 Å². The molecule has 0 saturated carbocycles. The lowest BCUT2D eigenvalue weighted by Gasteiger charge is -2.21. The third-order valence-corrected chi connectivity index (χ3v) is 13.6. The first-order valence-corrected chi connectivity index (χ1v) is 31.3. The number of ether oxygens (including phenoxy) is 3. The van der Waals surface area contributed by atoms with Gasteiger partial charge in [0.25, 0.3) is 0 Å². The van der Waals surface area contributed by atoms with E-state index in [1.165, 1.54) is 83.5 Å². The van der Waals surface area contributed by atoms with Crippen LogP contribution >= 0.6 is 7.82 Å². The zero-order chi connectivity index (χ0) is 54.1. The van der Waals surface area contributed by atoms with Gasteiger partial charge in [-0.2, -0.15) is 0 Å². The summed E-state index contributed by atoms with van der Waals surface area (Å²) in [6.45, 7) is 4.49. The van der Waals surface area contributed by atoms with Crippen LogP contribution in [0.1, 0.15) is 265 Å². The summed E-state index contributed by atoms with van der Waals surface area (Å²) in [7, 11) is -4.76. The fourth-order valence-electron chi connectivity index (χ4n) is 8.08. The highest BCUT2D eigenvalue weighted by Gasteiger charge is 2.28. The molecule has 3 unspecified atom stereocenters. The number of esters is 3. The second-order valence-electron chi connectivity index (χ2n) is 19.8. The Morgan fingerprint density at radius 2 is 0.703 bits per heavy atom. The third-order valence-electron chi connectivity index (χ3n) is 12.6. The number of allylic oxidation sites excluding steroid dienone is 12. The Bertz CT molecular complexity index is 1520. The molecule has 0 rings (SSSR count). The molecule has 74 heavy (non-hydrogen) atoms. The molecule has 0 radical (unpaired) electrons. The monoisotopic (exact) mass is 1060 g/mol. The minimum absolute atomic E-state index is 0.148. The van der Waals surface area contributed by atoms with E-state index in [0.29, 0.717) is 19.3 Å². The number of hydrogen-bond acceptors (Lipinski definition) is 10. The molecule has 0 aliphatic carbocycles. The molecule has 0 amide bonds. The smallest absolute Gasteiger partial charge is 0.462 e. The van der Waals surface area contributed by atoms with Crippen LogP contribution in [0.3, 0.4) is 0 Å². The van der Waals surface area contributed by atoms with Crippen molar-refractivity contribution in [2.45, 2.75) is 277 Å². The number of carbonyl (C=O) groups excluding carboxylic acids is 3. The van der Waals surface area contributed by atoms with Gasteiger partial charge in [-0.15, -0.1) is 0 Å². The zero-order valence-electron chi connectivity index (χ0n) is 47.3. The van der Waals surface area contributed by atoms with Crippen LogP contribution < -0.4 is 0 Å². The molecule has 0 aromatic rings. The first-order chi connectivity index (χ1) is 36.2. The second-order valence-corrected chi connectivity index (χ2v) is 21.2. The number of phosphoric ester groups is 1. The SMILES string of the molecule is CC/C=C\C/C=C\C/C=C\CCCCCCCC(=O)OCC(COP(=O)(O)OCC(CO)OC(=O)CCCCCCCCCCCCCCC)OC(=O)CCCCCCCC/C=C\C/C=C\C/C=C\CCCCC. The number of phosphoric acid groups is 1. The summed E-state index contributed by atoms with van der Waals surface area (Å²) in [5.74, 6) is -1.49. The molecule has 3 atom stereocenters. The van der Waals surface area contributed by atoms with Crippen molar-refractivity contribution in [3.63, 3.8) is 0 Å². The Morgan fingerprint density at radius 3 is 1.11 bits per heavy atom. The van der Waals surface area contributed by atoms with Crippen molar-refractivity contribution < 1.29 is 52.2 Å². The molecule has 11 nitrogen and oxygen atoms in total. The molecule has 0 bridgehead atoms. The maximum Gasteiger partial charge on any atom is 0.472 e. The number of rotatable bonds is 55. The highest BCUT2D eigenvalue weighted by Crippen LogP contribution is 2.43. The molecule has 12 heteroatoms. The molecule has 0 saturated heterocycles. The van der Waals surface area contributed by atoms with E-state index in [-0.39, 0.29) is 25.9 Å². The molecule has 0 heterocycles. The number of carbonyl (C=O) groups is 3. The summed E-state index contributed by atoms with van der Waals surface area (Å²) in [6, 6.07) is 0. The topological polar surface area (TPSA) is 155 Å². The van der Waals surface area contributed by atoms with Gasteiger partial charge in [-0.25, -0.2) is 4.57 Å². The predicted molar refractivity (Wildman–Crippen MR) is 307 cm³/mol. The van der Waals surface area contributed by atoms with Gasteiger partial charge < -0.3 is 24.2 Å². The van der Waals surface area contributed by atoms with Crippen LogP contribution in [0.25, 0.3) is 0 Å². The Balaban J connectivity index is 4.76. The van der Waals surface area contributed by atoms with Crippen molar-refractivity contribution in [2.24, 2.45) is 0 Å². The second kappa shape index (κ2) is 56.1. The lowest BCUT2D eigenvalue weighted by atomic mass is 10.0. The Kier molecular flexibility index (Phi) is 53.8. The van der Waals surface area contributed by atoms with Crippen molar-refractivity contribution in [1.29, 1.82) is 0 Å². The molecule has 0 aromatic heterocycles. The van der Waals surface area contributed by atoms with Gasteiger partial charge in [-0.1, -0.05) is 229 Å². The number of aliphatic hydroxyl groups excluding tert-OH is 1. The van der Waals surface area contributed by atoms with Gasteiger partial charge in [-0.05, 0) is 89.9 Å². The largest absolute Gasteiger partial charge is 0.472 e. The maximum atomic E-state index is 12.9. The molecule has 0 aliphatic rings. The van der Waals surface area contributed by atoms with Crippen molar-refractivity contribution in [3.8, 4) is 0 Å². The molecular formula is C62H109O11P. The minimum Gasteiger partial charge on any atom is -0.462 e. The highest BCUT2D eigenvalue weighted by molar-refractivity contribution is 7.47. The van der Waals surface area contributed by atoms with E-state index >= 15 is 0 Å². The average Bonchev–Trinajstić information content (AvgIpc) is 3.39. The van der Waals surface area contributed by atoms with E-state index in [9.17, 15) is 28.9 Å². The van der Waals surface area contributed by atoms with Crippen molar-refractivity contribution in [3.05, 3.63) is 72.9 Å². The van der Waals surface area contributed by atoms with Crippen LogP contribution in [0.2, 0.25) is 0 Å². The molecule has 0 fully saturated rings. The van der Waals surface area contributed by atoms with Crippen LogP contribution in [0.5, 0.6) is 0 Å². The lowest BCUT2D eigenvalue weighted by Crippen LogP contribution is -2.30. The van der Waals surface area contributed by atoms with E-state index in [2.05, 4.69) is 93.7 Å². The molecular weight excluding hydrogens is 952 g/mol. The van der Waals surface area contributed by atoms with Gasteiger partial charge in [0.1, 0.15) is 12.7 Å². The summed E-state index contributed by atoms with van der Waals surface area (Å²) < 4.78 is 39.5. The third kappa shape index (κ3) is 53.7. The summed E-state index contributed by atoms with van der Waals surface area (Å²) >= 11 is 0. The van der Waals surface area contributed by atoms with Crippen molar-refractivity contribution in [1.82, 2.24) is 0 Å². The molecule has 2 N–H and O–H groups in total. The summed E-state index contributed by atoms with van der Waals surface area (Å²) in [5, 5.41) is 9.82. The summed E-state index contributed by atoms with van der Waals surface area (Å²) in [4.78, 5) is 48.6. The van der Waals surface area contributed by atoms with Gasteiger partial charge in [0, 0.05) is 19.3 Å².